The third-order valence-electron chi connectivity index (χ3n) is 3.33. The third kappa shape index (κ3) is 3.19. The van der Waals surface area contributed by atoms with Gasteiger partial charge in [0, 0.05) is 5.56 Å². The first-order valence-electron chi connectivity index (χ1n) is 6.94. The van der Waals surface area contributed by atoms with Crippen LogP contribution in [0.4, 0.5) is 0 Å². The molecule has 1 saturated carbocycles. The van der Waals surface area contributed by atoms with E-state index in [1.165, 1.54) is 0 Å². The van der Waals surface area contributed by atoms with Gasteiger partial charge in [-0.25, -0.2) is 9.78 Å². The van der Waals surface area contributed by atoms with Crippen LogP contribution in [0.2, 0.25) is 0 Å². The number of aryl methyl sites for hydroxylation is 1. The fourth-order valence-corrected chi connectivity index (χ4v) is 2.99. The molecule has 1 aromatic heterocycles. The summed E-state index contributed by atoms with van der Waals surface area (Å²) in [5.41, 5.74) is 2.68. The van der Waals surface area contributed by atoms with Gasteiger partial charge in [-0.3, -0.25) is 0 Å². The number of nitrogens with zero attached hydrogens (tertiary/aromatic N) is 2. The Hall–Kier alpha value is -2.01. The van der Waals surface area contributed by atoms with Crippen molar-refractivity contribution in [1.29, 1.82) is 0 Å². The zero-order valence-corrected chi connectivity index (χ0v) is 12.8. The zero-order chi connectivity index (χ0) is 14.8. The molecule has 0 radical (unpaired) electrons. The van der Waals surface area contributed by atoms with Crippen LogP contribution in [0.5, 0.6) is 0 Å². The summed E-state index contributed by atoms with van der Waals surface area (Å²) in [4.78, 5) is 22.0. The van der Waals surface area contributed by atoms with Gasteiger partial charge >= 0.3 is 5.97 Å². The van der Waals surface area contributed by atoms with E-state index in [4.69, 9.17) is 4.84 Å². The fraction of sp³-hybridized carbons (Fsp3) is 0.312. The van der Waals surface area contributed by atoms with E-state index in [0.29, 0.717) is 5.71 Å². The van der Waals surface area contributed by atoms with Gasteiger partial charge in [0.25, 0.3) is 0 Å². The molecule has 108 valence electrons. The second kappa shape index (κ2) is 5.77. The first-order valence-corrected chi connectivity index (χ1v) is 7.75. The zero-order valence-electron chi connectivity index (χ0n) is 12.0. The van der Waals surface area contributed by atoms with Crippen molar-refractivity contribution in [3.63, 3.8) is 0 Å². The summed E-state index contributed by atoms with van der Waals surface area (Å²) in [6, 6.07) is 10.0. The van der Waals surface area contributed by atoms with Crippen LogP contribution in [-0.4, -0.2) is 16.7 Å². The lowest BCUT2D eigenvalue weighted by atomic mass is 10.2. The van der Waals surface area contributed by atoms with Gasteiger partial charge in [0.15, 0.2) is 0 Å². The monoisotopic (exact) mass is 300 g/mol. The molecule has 4 nitrogen and oxygen atoms in total. The molecular weight excluding hydrogens is 284 g/mol. The van der Waals surface area contributed by atoms with E-state index < -0.39 is 0 Å². The molecule has 0 aliphatic heterocycles. The molecule has 1 aliphatic carbocycles. The van der Waals surface area contributed by atoms with Crippen molar-refractivity contribution in [2.75, 3.05) is 0 Å². The predicted octanol–water partition coefficient (Wildman–Crippen LogP) is 3.80. The van der Waals surface area contributed by atoms with Crippen molar-refractivity contribution in [3.8, 4) is 10.6 Å². The number of benzene rings is 1. The highest BCUT2D eigenvalue weighted by molar-refractivity contribution is 7.17. The molecule has 1 aromatic carbocycles. The van der Waals surface area contributed by atoms with Gasteiger partial charge < -0.3 is 4.84 Å². The number of carbonyl (C=O) groups is 1. The van der Waals surface area contributed by atoms with Crippen LogP contribution in [0.25, 0.3) is 10.6 Å². The van der Waals surface area contributed by atoms with Crippen LogP contribution in [0.1, 0.15) is 30.3 Å². The molecule has 1 heterocycles. The lowest BCUT2D eigenvalue weighted by Gasteiger charge is -1.98. The number of oxime groups is 1. The van der Waals surface area contributed by atoms with E-state index in [9.17, 15) is 4.79 Å². The van der Waals surface area contributed by atoms with Crippen molar-refractivity contribution in [2.24, 2.45) is 11.1 Å². The average Bonchev–Trinajstić information content (AvgIpc) is 3.28. The molecule has 2 aromatic rings. The van der Waals surface area contributed by atoms with Crippen LogP contribution < -0.4 is 0 Å². The van der Waals surface area contributed by atoms with Crippen LogP contribution in [-0.2, 0) is 9.63 Å². The minimum atomic E-state index is -0.222. The van der Waals surface area contributed by atoms with E-state index >= 15 is 0 Å². The average molecular weight is 300 g/mol. The Morgan fingerprint density at radius 2 is 2.05 bits per heavy atom. The summed E-state index contributed by atoms with van der Waals surface area (Å²) in [5.74, 6) is -0.163. The standard InChI is InChI=1S/C16H16N2O2S/c1-10-14(11(2)18-20-16(19)13-8-9-13)21-15(17-10)12-6-4-3-5-7-12/h3-7,13H,8-9H2,1-2H3. The highest BCUT2D eigenvalue weighted by Crippen LogP contribution is 2.31. The van der Waals surface area contributed by atoms with Crippen molar-refractivity contribution in [2.45, 2.75) is 26.7 Å². The molecule has 1 aliphatic rings. The molecule has 0 N–H and O–H groups in total. The summed E-state index contributed by atoms with van der Waals surface area (Å²) in [5, 5.41) is 4.91. The minimum Gasteiger partial charge on any atom is -0.318 e. The van der Waals surface area contributed by atoms with Gasteiger partial charge in [-0.05, 0) is 26.7 Å². The van der Waals surface area contributed by atoms with Crippen LogP contribution in [0, 0.1) is 12.8 Å². The second-order valence-corrected chi connectivity index (χ2v) is 6.16. The molecular formula is C16H16N2O2S. The summed E-state index contributed by atoms with van der Waals surface area (Å²) in [6.45, 7) is 3.79. The normalized spacial score (nSPS) is 15.0. The maximum absolute atomic E-state index is 11.5. The highest BCUT2D eigenvalue weighted by Gasteiger charge is 2.31. The van der Waals surface area contributed by atoms with Gasteiger partial charge in [0.2, 0.25) is 0 Å². The summed E-state index contributed by atoms with van der Waals surface area (Å²) in [6.07, 6.45) is 1.84. The van der Waals surface area contributed by atoms with Crippen molar-refractivity contribution >= 4 is 23.0 Å². The summed E-state index contributed by atoms with van der Waals surface area (Å²) in [7, 11) is 0. The number of hydrogen-bond acceptors (Lipinski definition) is 5. The van der Waals surface area contributed by atoms with Gasteiger partial charge in [0.05, 0.1) is 22.2 Å². The Bertz CT molecular complexity index is 688. The van der Waals surface area contributed by atoms with E-state index in [1.54, 1.807) is 11.3 Å². The molecule has 0 bridgehead atoms. The second-order valence-electron chi connectivity index (χ2n) is 5.16. The molecule has 5 heteroatoms. The van der Waals surface area contributed by atoms with Gasteiger partial charge in [-0.2, -0.15) is 0 Å². The molecule has 0 spiro atoms. The minimum absolute atomic E-state index is 0.0592. The lowest BCUT2D eigenvalue weighted by Crippen LogP contribution is -2.04. The van der Waals surface area contributed by atoms with Gasteiger partial charge in [-0.1, -0.05) is 35.5 Å². The van der Waals surface area contributed by atoms with Crippen LogP contribution >= 0.6 is 11.3 Å². The predicted molar refractivity (Wildman–Crippen MR) is 83.3 cm³/mol. The molecule has 0 atom stereocenters. The van der Waals surface area contributed by atoms with Crippen molar-refractivity contribution in [3.05, 3.63) is 40.9 Å². The Labute approximate surface area is 127 Å². The Balaban J connectivity index is 1.80. The number of carbonyl (C=O) groups excluding carboxylic acids is 1. The fourth-order valence-electron chi connectivity index (χ4n) is 1.98. The number of hydrogen-bond donors (Lipinski definition) is 0. The maximum atomic E-state index is 11.5. The van der Waals surface area contributed by atoms with E-state index in [0.717, 1.165) is 34.0 Å². The molecule has 21 heavy (non-hydrogen) atoms. The largest absolute Gasteiger partial charge is 0.338 e. The van der Waals surface area contributed by atoms with E-state index in [1.807, 2.05) is 44.2 Å². The van der Waals surface area contributed by atoms with E-state index in [-0.39, 0.29) is 11.9 Å². The number of thiazole rings is 1. The smallest absolute Gasteiger partial charge is 0.318 e. The first-order chi connectivity index (χ1) is 10.1. The lowest BCUT2D eigenvalue weighted by molar-refractivity contribution is -0.145. The van der Waals surface area contributed by atoms with Gasteiger partial charge in [0.1, 0.15) is 5.01 Å². The third-order valence-corrected chi connectivity index (χ3v) is 4.64. The molecule has 0 unspecified atom stereocenters. The highest BCUT2D eigenvalue weighted by atomic mass is 32.1. The Kier molecular flexibility index (Phi) is 3.84. The quantitative estimate of drug-likeness (QED) is 0.490. The maximum Gasteiger partial charge on any atom is 0.338 e. The van der Waals surface area contributed by atoms with Crippen molar-refractivity contribution in [1.82, 2.24) is 4.98 Å². The van der Waals surface area contributed by atoms with Crippen LogP contribution in [0.3, 0.4) is 0 Å². The summed E-state index contributed by atoms with van der Waals surface area (Å²) < 4.78 is 0. The Morgan fingerprint density at radius 3 is 2.71 bits per heavy atom. The molecule has 1 fully saturated rings. The first kappa shape index (κ1) is 13.9. The SMILES string of the molecule is CC(=NOC(=O)C1CC1)c1sc(-c2ccccc2)nc1C. The Morgan fingerprint density at radius 1 is 1.33 bits per heavy atom. The molecule has 0 saturated heterocycles. The van der Waals surface area contributed by atoms with Crippen molar-refractivity contribution < 1.29 is 9.63 Å². The number of aromatic nitrogens is 1. The number of rotatable bonds is 4. The van der Waals surface area contributed by atoms with Crippen LogP contribution in [0.15, 0.2) is 35.5 Å². The topological polar surface area (TPSA) is 51.5 Å². The summed E-state index contributed by atoms with van der Waals surface area (Å²) >= 11 is 1.56. The molecule has 0 amide bonds. The van der Waals surface area contributed by atoms with Gasteiger partial charge in [-0.15, -0.1) is 11.3 Å². The molecule has 3 rings (SSSR count). The van der Waals surface area contributed by atoms with E-state index in [2.05, 4.69) is 10.1 Å².